The first kappa shape index (κ1) is 16.0. The highest BCUT2D eigenvalue weighted by atomic mass is 16.7. The number of carbonyl (C=O) groups is 2. The quantitative estimate of drug-likeness (QED) is 0.853. The molecule has 0 saturated carbocycles. The van der Waals surface area contributed by atoms with Crippen molar-refractivity contribution in [2.75, 3.05) is 19.7 Å². The van der Waals surface area contributed by atoms with E-state index >= 15 is 0 Å². The highest BCUT2D eigenvalue weighted by molar-refractivity contribution is 5.95. The summed E-state index contributed by atoms with van der Waals surface area (Å²) in [6.07, 6.45) is 0.0820. The van der Waals surface area contributed by atoms with Crippen molar-refractivity contribution < 1.29 is 19.2 Å². The van der Waals surface area contributed by atoms with E-state index in [1.807, 2.05) is 42.3 Å². The molecule has 0 unspecified atom stereocenters. The number of ether oxygens (including phenoxy) is 1. The first-order valence-corrected chi connectivity index (χ1v) is 8.10. The van der Waals surface area contributed by atoms with Gasteiger partial charge in [-0.2, -0.15) is 5.06 Å². The SMILES string of the molecule is CCCN1O[C@H](C)[C@@H](C(=O)N2CCOC2=O)[C@H]1c1ccccc1. The van der Waals surface area contributed by atoms with E-state index in [0.717, 1.165) is 18.5 Å². The molecule has 3 rings (SSSR count). The van der Waals surface area contributed by atoms with Crippen LogP contribution in [0.5, 0.6) is 0 Å². The predicted octanol–water partition coefficient (Wildman–Crippen LogP) is 2.37. The minimum absolute atomic E-state index is 0.188. The Kier molecular flexibility index (Phi) is 4.63. The normalized spacial score (nSPS) is 28.2. The lowest BCUT2D eigenvalue weighted by Gasteiger charge is -2.26. The van der Waals surface area contributed by atoms with Crippen molar-refractivity contribution in [3.63, 3.8) is 0 Å². The lowest BCUT2D eigenvalue weighted by atomic mass is 9.89. The number of cyclic esters (lactones) is 1. The van der Waals surface area contributed by atoms with Crippen LogP contribution in [0.25, 0.3) is 0 Å². The summed E-state index contributed by atoms with van der Waals surface area (Å²) < 4.78 is 4.91. The van der Waals surface area contributed by atoms with Crippen LogP contribution in [-0.2, 0) is 14.4 Å². The number of carbonyl (C=O) groups excluding carboxylic acids is 2. The maximum Gasteiger partial charge on any atom is 0.416 e. The molecule has 2 saturated heterocycles. The first-order valence-electron chi connectivity index (χ1n) is 8.10. The van der Waals surface area contributed by atoms with Crippen LogP contribution in [0.1, 0.15) is 31.9 Å². The van der Waals surface area contributed by atoms with Crippen molar-refractivity contribution in [3.8, 4) is 0 Å². The van der Waals surface area contributed by atoms with Crippen LogP contribution in [0.2, 0.25) is 0 Å². The van der Waals surface area contributed by atoms with Gasteiger partial charge in [0, 0.05) is 6.54 Å². The Morgan fingerprint density at radius 3 is 2.65 bits per heavy atom. The zero-order chi connectivity index (χ0) is 16.4. The summed E-state index contributed by atoms with van der Waals surface area (Å²) in [6, 6.07) is 9.66. The van der Waals surface area contributed by atoms with Crippen LogP contribution in [-0.4, -0.2) is 47.8 Å². The van der Waals surface area contributed by atoms with Gasteiger partial charge in [-0.1, -0.05) is 37.3 Å². The topological polar surface area (TPSA) is 59.1 Å². The molecular weight excluding hydrogens is 296 g/mol. The van der Waals surface area contributed by atoms with Crippen LogP contribution in [0.15, 0.2) is 30.3 Å². The fraction of sp³-hybridized carbons (Fsp3) is 0.529. The Morgan fingerprint density at radius 1 is 1.30 bits per heavy atom. The number of hydrogen-bond acceptors (Lipinski definition) is 5. The zero-order valence-electron chi connectivity index (χ0n) is 13.5. The molecule has 23 heavy (non-hydrogen) atoms. The van der Waals surface area contributed by atoms with Crippen molar-refractivity contribution in [1.82, 2.24) is 9.96 Å². The summed E-state index contributed by atoms with van der Waals surface area (Å²) in [6.45, 7) is 5.27. The minimum atomic E-state index is -0.553. The molecule has 0 aromatic heterocycles. The van der Waals surface area contributed by atoms with Crippen LogP contribution in [0, 0.1) is 5.92 Å². The first-order chi connectivity index (χ1) is 11.1. The van der Waals surface area contributed by atoms with Gasteiger partial charge in [0.15, 0.2) is 0 Å². The van der Waals surface area contributed by atoms with Crippen LogP contribution in [0.4, 0.5) is 4.79 Å². The second-order valence-electron chi connectivity index (χ2n) is 5.94. The molecule has 0 radical (unpaired) electrons. The molecule has 2 aliphatic rings. The van der Waals surface area contributed by atoms with Gasteiger partial charge in [0.1, 0.15) is 6.61 Å². The molecule has 1 aromatic carbocycles. The van der Waals surface area contributed by atoms with Gasteiger partial charge in [0.2, 0.25) is 5.91 Å². The van der Waals surface area contributed by atoms with Gasteiger partial charge in [-0.05, 0) is 18.9 Å². The van der Waals surface area contributed by atoms with Crippen LogP contribution in [0.3, 0.4) is 0 Å². The lowest BCUT2D eigenvalue weighted by Crippen LogP contribution is -2.41. The van der Waals surface area contributed by atoms with Crippen molar-refractivity contribution in [3.05, 3.63) is 35.9 Å². The fourth-order valence-electron chi connectivity index (χ4n) is 3.33. The number of amides is 2. The number of hydroxylamine groups is 2. The summed E-state index contributed by atoms with van der Waals surface area (Å²) >= 11 is 0. The summed E-state index contributed by atoms with van der Waals surface area (Å²) in [5.74, 6) is -0.637. The lowest BCUT2D eigenvalue weighted by molar-refractivity contribution is -0.159. The summed E-state index contributed by atoms with van der Waals surface area (Å²) in [5, 5.41) is 1.88. The van der Waals surface area contributed by atoms with Crippen LogP contribution < -0.4 is 0 Å². The fourth-order valence-corrected chi connectivity index (χ4v) is 3.33. The number of benzene rings is 1. The predicted molar refractivity (Wildman–Crippen MR) is 83.3 cm³/mol. The molecular formula is C17H22N2O4. The van der Waals surface area contributed by atoms with Gasteiger partial charge in [-0.3, -0.25) is 9.63 Å². The van der Waals surface area contributed by atoms with Gasteiger partial charge in [-0.15, -0.1) is 0 Å². The van der Waals surface area contributed by atoms with Crippen molar-refractivity contribution in [2.45, 2.75) is 32.4 Å². The Balaban J connectivity index is 1.92. The highest BCUT2D eigenvalue weighted by Crippen LogP contribution is 2.40. The Hall–Kier alpha value is -1.92. The molecule has 2 fully saturated rings. The average Bonchev–Trinajstić information content (AvgIpc) is 3.11. The third-order valence-electron chi connectivity index (χ3n) is 4.35. The summed E-state index contributed by atoms with van der Waals surface area (Å²) in [5.41, 5.74) is 1.02. The Bertz CT molecular complexity index is 577. The smallest absolute Gasteiger partial charge is 0.416 e. The van der Waals surface area contributed by atoms with Gasteiger partial charge in [-0.25, -0.2) is 9.69 Å². The summed E-state index contributed by atoms with van der Waals surface area (Å²) in [4.78, 5) is 31.8. The van der Waals surface area contributed by atoms with E-state index in [1.54, 1.807) is 0 Å². The molecule has 0 spiro atoms. The molecule has 2 amide bonds. The maximum atomic E-state index is 12.9. The van der Waals surface area contributed by atoms with E-state index < -0.39 is 12.0 Å². The highest BCUT2D eigenvalue weighted by Gasteiger charge is 2.49. The molecule has 6 nitrogen and oxygen atoms in total. The monoisotopic (exact) mass is 318 g/mol. The third-order valence-corrected chi connectivity index (χ3v) is 4.35. The third kappa shape index (κ3) is 2.96. The van der Waals surface area contributed by atoms with Crippen LogP contribution >= 0.6 is 0 Å². The molecule has 3 atom stereocenters. The average molecular weight is 318 g/mol. The van der Waals surface area contributed by atoms with E-state index in [9.17, 15) is 9.59 Å². The van der Waals surface area contributed by atoms with Crippen molar-refractivity contribution in [1.29, 1.82) is 0 Å². The number of imide groups is 1. The summed E-state index contributed by atoms with van der Waals surface area (Å²) in [7, 11) is 0. The van der Waals surface area contributed by atoms with E-state index in [0.29, 0.717) is 6.54 Å². The number of hydrogen-bond donors (Lipinski definition) is 0. The number of rotatable bonds is 4. The zero-order valence-corrected chi connectivity index (χ0v) is 13.5. The maximum absolute atomic E-state index is 12.9. The molecule has 0 aliphatic carbocycles. The molecule has 124 valence electrons. The second-order valence-corrected chi connectivity index (χ2v) is 5.94. The molecule has 2 aliphatic heterocycles. The number of nitrogens with zero attached hydrogens (tertiary/aromatic N) is 2. The second kappa shape index (κ2) is 6.68. The Morgan fingerprint density at radius 2 is 2.04 bits per heavy atom. The van der Waals surface area contributed by atoms with Gasteiger partial charge in [0.05, 0.1) is 24.6 Å². The standard InChI is InChI=1S/C17H22N2O4/c1-3-9-19-15(13-7-5-4-6-8-13)14(12(2)23-19)16(20)18-10-11-22-17(18)21/h4-8,12,14-15H,3,9-11H2,1-2H3/t12-,14-,15-/m1/s1. The molecule has 2 heterocycles. The Labute approximate surface area is 135 Å². The molecule has 6 heteroatoms. The van der Waals surface area contributed by atoms with E-state index in [2.05, 4.69) is 6.92 Å². The van der Waals surface area contributed by atoms with E-state index in [4.69, 9.17) is 9.57 Å². The van der Waals surface area contributed by atoms with E-state index in [-0.39, 0.29) is 24.7 Å². The largest absolute Gasteiger partial charge is 0.447 e. The molecule has 0 N–H and O–H groups in total. The minimum Gasteiger partial charge on any atom is -0.447 e. The van der Waals surface area contributed by atoms with Gasteiger partial charge in [0.25, 0.3) is 0 Å². The van der Waals surface area contributed by atoms with Crippen molar-refractivity contribution >= 4 is 12.0 Å². The molecule has 0 bridgehead atoms. The van der Waals surface area contributed by atoms with Gasteiger partial charge >= 0.3 is 6.09 Å². The molecule has 1 aromatic rings. The van der Waals surface area contributed by atoms with Crippen molar-refractivity contribution in [2.24, 2.45) is 5.92 Å². The van der Waals surface area contributed by atoms with Gasteiger partial charge < -0.3 is 4.74 Å². The van der Waals surface area contributed by atoms with E-state index in [1.165, 1.54) is 4.90 Å².